The van der Waals surface area contributed by atoms with Gasteiger partial charge in [0.25, 0.3) is 0 Å². The van der Waals surface area contributed by atoms with E-state index in [4.69, 9.17) is 14.2 Å². The van der Waals surface area contributed by atoms with Crippen LogP contribution < -0.4 is 0 Å². The molecular weight excluding hydrogens is 997 g/mol. The van der Waals surface area contributed by atoms with Gasteiger partial charge in [0, 0.05) is 19.3 Å². The molecule has 0 aliphatic heterocycles. The fourth-order valence-corrected chi connectivity index (χ4v) is 9.33. The number of esters is 3. The largest absolute Gasteiger partial charge is 0.462 e. The standard InChI is InChI=1S/C75H126O6/c1-4-7-10-13-16-19-22-25-28-31-32-33-34-35-36-37-38-39-40-41-42-45-47-50-53-56-59-62-65-68-74(77)80-71-72(81-75(78)69-66-63-60-57-54-51-48-44-30-27-24-21-18-15-12-9-6-3)70-79-73(76)67-64-61-58-55-52-49-46-43-29-26-23-20-17-14-11-8-5-2/h7,10,16,18-19,21,25-30,32-33,35-36,38-39,41-42,72H,4-6,8-9,11-15,17,20,22-24,31,34,37,40,43-71H2,1-3H3/b10-7-,19-16-,21-18-,28-25-,29-26-,30-27-,33-32-,36-35-,39-38-,42-41-. The average Bonchev–Trinajstić information content (AvgIpc) is 3.47. The van der Waals surface area contributed by atoms with Crippen molar-refractivity contribution >= 4 is 17.9 Å². The molecule has 0 aromatic rings. The third-order valence-electron chi connectivity index (χ3n) is 14.4. The predicted octanol–water partition coefficient (Wildman–Crippen LogP) is 23.6. The molecule has 0 aromatic heterocycles. The second-order valence-corrected chi connectivity index (χ2v) is 22.3. The Bertz CT molecular complexity index is 1670. The normalized spacial score (nSPS) is 12.9. The monoisotopic (exact) mass is 1120 g/mol. The van der Waals surface area contributed by atoms with Crippen molar-refractivity contribution in [2.24, 2.45) is 0 Å². The van der Waals surface area contributed by atoms with Gasteiger partial charge in [-0.15, -0.1) is 0 Å². The van der Waals surface area contributed by atoms with Gasteiger partial charge in [0.15, 0.2) is 6.10 Å². The van der Waals surface area contributed by atoms with Gasteiger partial charge in [-0.25, -0.2) is 0 Å². The molecule has 0 radical (unpaired) electrons. The SMILES string of the molecule is CC/C=C\C/C=C\C/C=C\C/C=C\C/C=C\C/C=C\C/C=C\CCCCCCCCCC(=O)OCC(COC(=O)CCCCCCCCC/C=C\CCCCCCCC)OC(=O)CCCCCCCCC/C=C\C/C=C\CCCCC. The molecule has 0 fully saturated rings. The van der Waals surface area contributed by atoms with E-state index < -0.39 is 6.10 Å². The van der Waals surface area contributed by atoms with E-state index in [0.29, 0.717) is 19.3 Å². The smallest absolute Gasteiger partial charge is 0.306 e. The Labute approximate surface area is 501 Å². The van der Waals surface area contributed by atoms with Gasteiger partial charge in [0.1, 0.15) is 13.2 Å². The van der Waals surface area contributed by atoms with E-state index in [1.807, 2.05) is 0 Å². The molecule has 0 aliphatic carbocycles. The van der Waals surface area contributed by atoms with E-state index >= 15 is 0 Å². The molecule has 0 rings (SSSR count). The van der Waals surface area contributed by atoms with Crippen LogP contribution >= 0.6 is 0 Å². The molecule has 0 aromatic carbocycles. The fraction of sp³-hybridized carbons (Fsp3) is 0.693. The molecule has 0 spiro atoms. The predicted molar refractivity (Wildman–Crippen MR) is 353 cm³/mol. The molecule has 1 atom stereocenters. The van der Waals surface area contributed by atoms with Crippen LogP contribution in [0.5, 0.6) is 0 Å². The van der Waals surface area contributed by atoms with E-state index in [9.17, 15) is 14.4 Å². The van der Waals surface area contributed by atoms with Crippen LogP contribution in [-0.2, 0) is 28.6 Å². The van der Waals surface area contributed by atoms with Crippen LogP contribution in [0.25, 0.3) is 0 Å². The Kier molecular flexibility index (Phi) is 64.8. The number of rotatable bonds is 61. The van der Waals surface area contributed by atoms with Crippen molar-refractivity contribution in [2.75, 3.05) is 13.2 Å². The van der Waals surface area contributed by atoms with Crippen LogP contribution in [0.1, 0.15) is 316 Å². The van der Waals surface area contributed by atoms with Crippen LogP contribution in [0.2, 0.25) is 0 Å². The summed E-state index contributed by atoms with van der Waals surface area (Å²) in [6.07, 6.45) is 94.9. The first-order chi connectivity index (χ1) is 40.0. The number of allylic oxidation sites excluding steroid dienone is 20. The lowest BCUT2D eigenvalue weighted by molar-refractivity contribution is -0.167. The Morgan fingerprint density at radius 3 is 0.790 bits per heavy atom. The molecule has 0 aliphatic rings. The summed E-state index contributed by atoms with van der Waals surface area (Å²) < 4.78 is 17.0. The van der Waals surface area contributed by atoms with Crippen LogP contribution in [0.4, 0.5) is 0 Å². The summed E-state index contributed by atoms with van der Waals surface area (Å²) in [7, 11) is 0. The minimum absolute atomic E-state index is 0.0878. The third-order valence-corrected chi connectivity index (χ3v) is 14.4. The maximum absolute atomic E-state index is 12.9. The summed E-state index contributed by atoms with van der Waals surface area (Å²) in [6, 6.07) is 0. The molecule has 6 nitrogen and oxygen atoms in total. The zero-order valence-electron chi connectivity index (χ0n) is 53.0. The lowest BCUT2D eigenvalue weighted by atomic mass is 10.1. The summed E-state index contributed by atoms with van der Waals surface area (Å²) in [5.41, 5.74) is 0. The Hall–Kier alpha value is -4.19. The van der Waals surface area contributed by atoms with E-state index in [1.165, 1.54) is 154 Å². The van der Waals surface area contributed by atoms with Crippen molar-refractivity contribution in [2.45, 2.75) is 322 Å². The molecule has 0 saturated heterocycles. The average molecular weight is 1120 g/mol. The number of ether oxygens (including phenoxy) is 3. The highest BCUT2D eigenvalue weighted by Gasteiger charge is 2.19. The van der Waals surface area contributed by atoms with Gasteiger partial charge in [-0.2, -0.15) is 0 Å². The minimum Gasteiger partial charge on any atom is -0.462 e. The molecule has 6 heteroatoms. The maximum Gasteiger partial charge on any atom is 0.306 e. The van der Waals surface area contributed by atoms with Crippen molar-refractivity contribution in [1.82, 2.24) is 0 Å². The molecule has 0 amide bonds. The Morgan fingerprint density at radius 1 is 0.259 bits per heavy atom. The van der Waals surface area contributed by atoms with Crippen LogP contribution in [-0.4, -0.2) is 37.2 Å². The van der Waals surface area contributed by atoms with Gasteiger partial charge < -0.3 is 14.2 Å². The molecule has 0 heterocycles. The zero-order valence-corrected chi connectivity index (χ0v) is 53.0. The van der Waals surface area contributed by atoms with Crippen molar-refractivity contribution in [1.29, 1.82) is 0 Å². The molecule has 81 heavy (non-hydrogen) atoms. The van der Waals surface area contributed by atoms with E-state index in [2.05, 4.69) is 142 Å². The molecule has 1 unspecified atom stereocenters. The zero-order chi connectivity index (χ0) is 58.5. The third kappa shape index (κ3) is 66.5. The number of unbranched alkanes of at least 4 members (excludes halogenated alkanes) is 30. The van der Waals surface area contributed by atoms with Crippen LogP contribution in [0, 0.1) is 0 Å². The number of hydrogen-bond donors (Lipinski definition) is 0. The van der Waals surface area contributed by atoms with Gasteiger partial charge in [-0.1, -0.05) is 284 Å². The van der Waals surface area contributed by atoms with Crippen LogP contribution in [0.3, 0.4) is 0 Å². The van der Waals surface area contributed by atoms with Gasteiger partial charge in [0.2, 0.25) is 0 Å². The molecule has 462 valence electrons. The molecule has 0 N–H and O–H groups in total. The Balaban J connectivity index is 4.38. The number of carbonyl (C=O) groups excluding carboxylic acids is 3. The van der Waals surface area contributed by atoms with Gasteiger partial charge in [-0.05, 0) is 135 Å². The van der Waals surface area contributed by atoms with E-state index in [-0.39, 0.29) is 31.1 Å². The summed E-state index contributed by atoms with van der Waals surface area (Å²) in [5.74, 6) is -0.903. The minimum atomic E-state index is -0.793. The van der Waals surface area contributed by atoms with Crippen molar-refractivity contribution in [3.8, 4) is 0 Å². The summed E-state index contributed by atoms with van der Waals surface area (Å²) in [6.45, 7) is 6.50. The first-order valence-corrected chi connectivity index (χ1v) is 34.0. The summed E-state index contributed by atoms with van der Waals surface area (Å²) >= 11 is 0. The summed E-state index contributed by atoms with van der Waals surface area (Å²) in [5, 5.41) is 0. The quantitative estimate of drug-likeness (QED) is 0.0261. The summed E-state index contributed by atoms with van der Waals surface area (Å²) in [4.78, 5) is 38.4. The van der Waals surface area contributed by atoms with E-state index in [0.717, 1.165) is 122 Å². The highest BCUT2D eigenvalue weighted by Crippen LogP contribution is 2.16. The molecule has 0 bridgehead atoms. The number of hydrogen-bond acceptors (Lipinski definition) is 6. The maximum atomic E-state index is 12.9. The topological polar surface area (TPSA) is 78.9 Å². The molecule has 0 saturated carbocycles. The lowest BCUT2D eigenvalue weighted by Gasteiger charge is -2.18. The highest BCUT2D eigenvalue weighted by molar-refractivity contribution is 5.71. The van der Waals surface area contributed by atoms with Crippen molar-refractivity contribution < 1.29 is 28.6 Å². The second kappa shape index (κ2) is 68.3. The van der Waals surface area contributed by atoms with E-state index in [1.54, 1.807) is 0 Å². The Morgan fingerprint density at radius 2 is 0.481 bits per heavy atom. The van der Waals surface area contributed by atoms with Gasteiger partial charge in [-0.3, -0.25) is 14.4 Å². The lowest BCUT2D eigenvalue weighted by Crippen LogP contribution is -2.30. The fourth-order valence-electron chi connectivity index (χ4n) is 9.33. The molecular formula is C75H126O6. The number of carbonyl (C=O) groups is 3. The van der Waals surface area contributed by atoms with Crippen LogP contribution in [0.15, 0.2) is 122 Å². The van der Waals surface area contributed by atoms with Crippen molar-refractivity contribution in [3.05, 3.63) is 122 Å². The second-order valence-electron chi connectivity index (χ2n) is 22.3. The van der Waals surface area contributed by atoms with Gasteiger partial charge >= 0.3 is 17.9 Å². The first-order valence-electron chi connectivity index (χ1n) is 34.0. The first kappa shape index (κ1) is 76.8. The highest BCUT2D eigenvalue weighted by atomic mass is 16.6. The van der Waals surface area contributed by atoms with Crippen molar-refractivity contribution in [3.63, 3.8) is 0 Å². The van der Waals surface area contributed by atoms with Gasteiger partial charge in [0.05, 0.1) is 0 Å².